The fourth-order valence-corrected chi connectivity index (χ4v) is 3.46. The molecule has 3 rings (SSSR count). The number of hydrogen-bond acceptors (Lipinski definition) is 3. The van der Waals surface area contributed by atoms with Crippen LogP contribution in [-0.4, -0.2) is 59.1 Å². The van der Waals surface area contributed by atoms with E-state index in [-0.39, 0.29) is 36.0 Å². The molecular weight excluding hydrogens is 443 g/mol. The summed E-state index contributed by atoms with van der Waals surface area (Å²) < 4.78 is 0. The molecule has 0 saturated carbocycles. The van der Waals surface area contributed by atoms with Gasteiger partial charge in [-0.3, -0.25) is 4.79 Å². The Kier molecular flexibility index (Phi) is 8.15. The van der Waals surface area contributed by atoms with Crippen molar-refractivity contribution in [2.75, 3.05) is 26.2 Å². The number of hydrogen-bond donors (Lipinski definition) is 2. The molecule has 144 valence electrons. The second-order valence-electron chi connectivity index (χ2n) is 6.75. The molecule has 2 N–H and O–H groups in total. The minimum atomic E-state index is -0.266. The summed E-state index contributed by atoms with van der Waals surface area (Å²) in [6.07, 6.45) is 2.15. The summed E-state index contributed by atoms with van der Waals surface area (Å²) >= 11 is 0. The van der Waals surface area contributed by atoms with Gasteiger partial charge in [0.1, 0.15) is 0 Å². The quantitative estimate of drug-likeness (QED) is 0.391. The SMILES string of the molecule is CCNC(=NCc1ccccc1CN1CCCC1=O)N1CC[C@@H](O)C1.I. The molecule has 1 atom stereocenters. The smallest absolute Gasteiger partial charge is 0.222 e. The first kappa shape index (κ1) is 21.0. The Balaban J connectivity index is 0.00000243. The number of nitrogens with one attached hydrogen (secondary N) is 1. The van der Waals surface area contributed by atoms with E-state index >= 15 is 0 Å². The van der Waals surface area contributed by atoms with Crippen molar-refractivity contribution in [1.29, 1.82) is 0 Å². The van der Waals surface area contributed by atoms with Gasteiger partial charge in [0.25, 0.3) is 0 Å². The summed E-state index contributed by atoms with van der Waals surface area (Å²) in [4.78, 5) is 20.7. The maximum atomic E-state index is 11.9. The van der Waals surface area contributed by atoms with E-state index in [1.807, 2.05) is 17.0 Å². The van der Waals surface area contributed by atoms with Crippen LogP contribution >= 0.6 is 24.0 Å². The maximum Gasteiger partial charge on any atom is 0.222 e. The first-order valence-corrected chi connectivity index (χ1v) is 9.23. The van der Waals surface area contributed by atoms with Crippen molar-refractivity contribution in [3.8, 4) is 0 Å². The molecule has 1 aromatic carbocycles. The highest BCUT2D eigenvalue weighted by Crippen LogP contribution is 2.18. The van der Waals surface area contributed by atoms with Gasteiger partial charge in [-0.15, -0.1) is 24.0 Å². The Bertz CT molecular complexity index is 638. The van der Waals surface area contributed by atoms with Crippen molar-refractivity contribution in [1.82, 2.24) is 15.1 Å². The van der Waals surface area contributed by atoms with Crippen LogP contribution < -0.4 is 5.32 Å². The molecule has 1 aromatic rings. The zero-order valence-electron chi connectivity index (χ0n) is 15.4. The third-order valence-electron chi connectivity index (χ3n) is 4.85. The summed E-state index contributed by atoms with van der Waals surface area (Å²) in [7, 11) is 0. The summed E-state index contributed by atoms with van der Waals surface area (Å²) in [5.74, 6) is 1.10. The van der Waals surface area contributed by atoms with Crippen LogP contribution in [0.1, 0.15) is 37.3 Å². The van der Waals surface area contributed by atoms with Gasteiger partial charge in [-0.25, -0.2) is 4.99 Å². The Hall–Kier alpha value is -1.35. The highest BCUT2D eigenvalue weighted by molar-refractivity contribution is 14.0. The number of guanidine groups is 1. The van der Waals surface area contributed by atoms with Gasteiger partial charge in [0.15, 0.2) is 5.96 Å². The van der Waals surface area contributed by atoms with E-state index in [9.17, 15) is 9.90 Å². The molecule has 7 heteroatoms. The maximum absolute atomic E-state index is 11.9. The van der Waals surface area contributed by atoms with E-state index in [0.29, 0.717) is 26.1 Å². The lowest BCUT2D eigenvalue weighted by Crippen LogP contribution is -2.40. The van der Waals surface area contributed by atoms with Gasteiger partial charge in [-0.1, -0.05) is 24.3 Å². The van der Waals surface area contributed by atoms with Crippen LogP contribution in [0, 0.1) is 0 Å². The molecule has 0 radical (unpaired) electrons. The predicted octanol–water partition coefficient (Wildman–Crippen LogP) is 1.96. The zero-order chi connectivity index (χ0) is 17.6. The van der Waals surface area contributed by atoms with Crippen molar-refractivity contribution >= 4 is 35.8 Å². The summed E-state index contributed by atoms with van der Waals surface area (Å²) in [5, 5.41) is 13.1. The van der Waals surface area contributed by atoms with Crippen LogP contribution in [0.3, 0.4) is 0 Å². The lowest BCUT2D eigenvalue weighted by molar-refractivity contribution is -0.128. The van der Waals surface area contributed by atoms with Crippen LogP contribution in [0.2, 0.25) is 0 Å². The van der Waals surface area contributed by atoms with Gasteiger partial charge < -0.3 is 20.2 Å². The molecule has 6 nitrogen and oxygen atoms in total. The summed E-state index contributed by atoms with van der Waals surface area (Å²) in [6, 6.07) is 8.21. The van der Waals surface area contributed by atoms with Gasteiger partial charge in [-0.2, -0.15) is 0 Å². The molecule has 2 heterocycles. The van der Waals surface area contributed by atoms with E-state index < -0.39 is 0 Å². The first-order chi connectivity index (χ1) is 12.2. The Morgan fingerprint density at radius 2 is 2.08 bits per heavy atom. The third-order valence-corrected chi connectivity index (χ3v) is 4.85. The van der Waals surface area contributed by atoms with Crippen molar-refractivity contribution in [3.05, 3.63) is 35.4 Å². The summed E-state index contributed by atoms with van der Waals surface area (Å²) in [6.45, 7) is 6.42. The molecule has 2 aliphatic rings. The van der Waals surface area contributed by atoms with Crippen molar-refractivity contribution in [2.45, 2.75) is 45.4 Å². The van der Waals surface area contributed by atoms with Crippen LogP contribution in [0.5, 0.6) is 0 Å². The lowest BCUT2D eigenvalue weighted by Gasteiger charge is -2.21. The average molecular weight is 472 g/mol. The Labute approximate surface area is 172 Å². The van der Waals surface area contributed by atoms with Crippen molar-refractivity contribution in [3.63, 3.8) is 0 Å². The van der Waals surface area contributed by atoms with Crippen LogP contribution in [0.4, 0.5) is 0 Å². The van der Waals surface area contributed by atoms with Gasteiger partial charge in [0.05, 0.1) is 12.6 Å². The monoisotopic (exact) mass is 472 g/mol. The van der Waals surface area contributed by atoms with E-state index in [0.717, 1.165) is 44.0 Å². The molecule has 2 fully saturated rings. The minimum absolute atomic E-state index is 0. The van der Waals surface area contributed by atoms with E-state index in [4.69, 9.17) is 4.99 Å². The fraction of sp³-hybridized carbons (Fsp3) is 0.579. The van der Waals surface area contributed by atoms with E-state index in [1.165, 1.54) is 5.56 Å². The molecule has 2 saturated heterocycles. The van der Waals surface area contributed by atoms with Gasteiger partial charge in [0.2, 0.25) is 5.91 Å². The number of likely N-dealkylation sites (tertiary alicyclic amines) is 2. The minimum Gasteiger partial charge on any atom is -0.391 e. The zero-order valence-corrected chi connectivity index (χ0v) is 17.7. The molecule has 0 bridgehead atoms. The third kappa shape index (κ3) is 5.33. The summed E-state index contributed by atoms with van der Waals surface area (Å²) in [5.41, 5.74) is 2.32. The second-order valence-corrected chi connectivity index (χ2v) is 6.75. The lowest BCUT2D eigenvalue weighted by atomic mass is 10.1. The van der Waals surface area contributed by atoms with E-state index in [2.05, 4.69) is 29.3 Å². The van der Waals surface area contributed by atoms with Crippen LogP contribution in [0.25, 0.3) is 0 Å². The van der Waals surface area contributed by atoms with Gasteiger partial charge in [0, 0.05) is 39.1 Å². The first-order valence-electron chi connectivity index (χ1n) is 9.23. The van der Waals surface area contributed by atoms with Crippen LogP contribution in [0.15, 0.2) is 29.3 Å². The number of nitrogens with zero attached hydrogens (tertiary/aromatic N) is 3. The molecule has 0 aromatic heterocycles. The number of carbonyl (C=O) groups excluding carboxylic acids is 1. The highest BCUT2D eigenvalue weighted by Gasteiger charge is 2.23. The number of rotatable bonds is 5. The topological polar surface area (TPSA) is 68.2 Å². The van der Waals surface area contributed by atoms with Crippen LogP contribution in [-0.2, 0) is 17.9 Å². The van der Waals surface area contributed by atoms with Gasteiger partial charge in [-0.05, 0) is 30.9 Å². The Morgan fingerprint density at radius 3 is 2.69 bits per heavy atom. The Morgan fingerprint density at radius 1 is 1.31 bits per heavy atom. The number of aliphatic hydroxyl groups excluding tert-OH is 1. The molecule has 1 amide bonds. The number of benzene rings is 1. The van der Waals surface area contributed by atoms with Gasteiger partial charge >= 0.3 is 0 Å². The molecule has 0 spiro atoms. The number of aliphatic hydroxyl groups is 1. The molecule has 0 aliphatic carbocycles. The van der Waals surface area contributed by atoms with Crippen molar-refractivity contribution in [2.24, 2.45) is 4.99 Å². The molecular formula is C19H29IN4O2. The normalized spacial score (nSPS) is 20.5. The standard InChI is InChI=1S/C19H28N4O2.HI/c1-2-20-19(23-11-9-17(24)14-23)21-12-15-6-3-4-7-16(15)13-22-10-5-8-18(22)25;/h3-4,6-7,17,24H,2,5,8-14H2,1H3,(H,20,21);1H/t17-;/m1./s1. The number of aliphatic imine (C=N–C) groups is 1. The highest BCUT2D eigenvalue weighted by atomic mass is 127. The number of amides is 1. The molecule has 26 heavy (non-hydrogen) atoms. The van der Waals surface area contributed by atoms with Crippen molar-refractivity contribution < 1.29 is 9.90 Å². The predicted molar refractivity (Wildman–Crippen MR) is 114 cm³/mol. The largest absolute Gasteiger partial charge is 0.391 e. The number of halogens is 1. The fourth-order valence-electron chi connectivity index (χ4n) is 3.46. The van der Waals surface area contributed by atoms with E-state index in [1.54, 1.807) is 0 Å². The average Bonchev–Trinajstić information content (AvgIpc) is 3.21. The second kappa shape index (κ2) is 10.1. The molecule has 0 unspecified atom stereocenters. The number of β-amino-alcohol motifs (C(OH)–C–C–N with tert-alkyl or cyclic N) is 1. The number of carbonyl (C=O) groups is 1. The molecule has 2 aliphatic heterocycles.